The van der Waals surface area contributed by atoms with Crippen LogP contribution in [0.15, 0.2) is 87.5 Å². The summed E-state index contributed by atoms with van der Waals surface area (Å²) in [6.07, 6.45) is -8.19. The summed E-state index contributed by atoms with van der Waals surface area (Å²) in [5, 5.41) is 0. The normalized spacial score (nSPS) is 14.8. The molecule has 3 aromatic carbocycles. The molecule has 0 saturated heterocycles. The predicted octanol–water partition coefficient (Wildman–Crippen LogP) is 13.5. The number of rotatable bonds is 20. The first-order chi connectivity index (χ1) is 29.3. The highest BCUT2D eigenvalue weighted by atomic mass is 32.3. The third kappa shape index (κ3) is 8.06. The summed E-state index contributed by atoms with van der Waals surface area (Å²) >= 11 is 0. The van der Waals surface area contributed by atoms with E-state index in [4.69, 9.17) is 18.4 Å². The largest absolute Gasteiger partial charge is 0.494 e. The van der Waals surface area contributed by atoms with E-state index in [1.807, 2.05) is 0 Å². The molecule has 3 rings (SSSR count). The molecule has 0 radical (unpaired) electrons. The Hall–Kier alpha value is -4.73. The van der Waals surface area contributed by atoms with Gasteiger partial charge in [0.1, 0.15) is 22.1 Å². The van der Waals surface area contributed by atoms with Crippen LogP contribution in [0.25, 0.3) is 0 Å². The lowest BCUT2D eigenvalue weighted by Crippen LogP contribution is -2.78. The molecule has 0 fully saturated rings. The fourth-order valence-corrected chi connectivity index (χ4v) is 8.63. The van der Waals surface area contributed by atoms with Gasteiger partial charge in [-0.3, -0.25) is 0 Å². The van der Waals surface area contributed by atoms with Gasteiger partial charge in [-0.1, -0.05) is 36.4 Å². The van der Waals surface area contributed by atoms with Crippen molar-refractivity contribution >= 4 is 16.3 Å². The van der Waals surface area contributed by atoms with Crippen LogP contribution in [0.2, 0.25) is 0 Å². The Morgan fingerprint density at radius 3 is 1.02 bits per heavy atom. The maximum Gasteiger partial charge on any atom is 0.460 e. The molecule has 0 aliphatic rings. The van der Waals surface area contributed by atoms with Crippen molar-refractivity contribution in [2.24, 2.45) is 0 Å². The molecule has 29 heteroatoms. The van der Waals surface area contributed by atoms with Crippen molar-refractivity contribution in [3.8, 4) is 17.2 Å². The average Bonchev–Trinajstić information content (AvgIpc) is 3.20. The van der Waals surface area contributed by atoms with Gasteiger partial charge in [-0.05, 0) is 45.0 Å². The van der Waals surface area contributed by atoms with E-state index in [0.29, 0.717) is 0 Å². The predicted molar refractivity (Wildman–Crippen MR) is 177 cm³/mol. The summed E-state index contributed by atoms with van der Waals surface area (Å²) in [6.45, 7) is 3.06. The van der Waals surface area contributed by atoms with Gasteiger partial charge in [0.15, 0.2) is 0 Å². The molecule has 5 nitrogen and oxygen atoms in total. The molecule has 0 aliphatic heterocycles. The molecular weight excluding hydrogens is 981 g/mol. The van der Waals surface area contributed by atoms with Crippen molar-refractivity contribution in [3.05, 3.63) is 72.8 Å². The fourth-order valence-electron chi connectivity index (χ4n) is 5.39. The third-order valence-electron chi connectivity index (χ3n) is 8.70. The quantitative estimate of drug-likeness (QED) is 0.106. The number of carbonyl (C=O) groups excluding carboxylic acids is 1. The van der Waals surface area contributed by atoms with E-state index in [-0.39, 0.29) is 12.4 Å². The first-order valence-corrected chi connectivity index (χ1v) is 18.9. The van der Waals surface area contributed by atoms with Crippen LogP contribution in [0.3, 0.4) is 0 Å². The van der Waals surface area contributed by atoms with Crippen molar-refractivity contribution in [2.45, 2.75) is 101 Å². The van der Waals surface area contributed by atoms with E-state index >= 15 is 26.3 Å². The number of hydrogen-bond acceptors (Lipinski definition) is 5. The minimum Gasteiger partial charge on any atom is -0.494 e. The molecule has 368 valence electrons. The minimum atomic E-state index is -9.60. The van der Waals surface area contributed by atoms with Gasteiger partial charge >= 0.3 is 71.4 Å². The summed E-state index contributed by atoms with van der Waals surface area (Å²) < 4.78 is 349. The molecule has 0 heterocycles. The number of carbonyl (C=O) groups is 1. The summed E-state index contributed by atoms with van der Waals surface area (Å²) in [4.78, 5) is 11.4. The van der Waals surface area contributed by atoms with Crippen LogP contribution in [0.4, 0.5) is 101 Å². The van der Waals surface area contributed by atoms with Crippen molar-refractivity contribution < 1.29 is 124 Å². The Bertz CT molecular complexity index is 2060. The second-order valence-electron chi connectivity index (χ2n) is 12.8. The maximum absolute atomic E-state index is 15.8. The van der Waals surface area contributed by atoms with Crippen LogP contribution in [-0.4, -0.2) is 91.2 Å². The molecule has 0 unspecified atom stereocenters. The summed E-state index contributed by atoms with van der Waals surface area (Å²) in [6, 6.07) is 12.0. The number of ether oxygens (including phenoxy) is 3. The molecule has 3 aromatic rings. The lowest BCUT2D eigenvalue weighted by Gasteiger charge is -2.45. The van der Waals surface area contributed by atoms with Crippen molar-refractivity contribution in [1.82, 2.24) is 0 Å². The number of benzene rings is 3. The highest BCUT2D eigenvalue weighted by molar-refractivity contribution is 8.30. The van der Waals surface area contributed by atoms with E-state index in [1.54, 1.807) is 0 Å². The van der Waals surface area contributed by atoms with E-state index in [0.717, 1.165) is 60.7 Å². The van der Waals surface area contributed by atoms with E-state index in [9.17, 15) is 79.4 Å². The molecule has 0 aromatic heterocycles. The van der Waals surface area contributed by atoms with Gasteiger partial charge in [0, 0.05) is 32.2 Å². The molecule has 0 spiro atoms. The van der Waals surface area contributed by atoms with Crippen LogP contribution in [0.1, 0.15) is 20.8 Å². The lowest BCUT2D eigenvalue weighted by molar-refractivity contribution is -0.477. The van der Waals surface area contributed by atoms with Crippen LogP contribution in [0, 0.1) is 0 Å². The smallest absolute Gasteiger partial charge is 0.460 e. The monoisotopic (exact) mass is 1010 g/mol. The number of halogens is 23. The summed E-state index contributed by atoms with van der Waals surface area (Å²) in [5.41, 5.74) is 0. The zero-order valence-corrected chi connectivity index (χ0v) is 33.0. The van der Waals surface area contributed by atoms with Gasteiger partial charge < -0.3 is 18.4 Å². The first-order valence-electron chi connectivity index (χ1n) is 17.4. The number of hydrogen-bond donors (Lipinski definition) is 0. The molecule has 0 aliphatic carbocycles. The molecule has 0 atom stereocenters. The molecule has 65 heavy (non-hydrogen) atoms. The second kappa shape index (κ2) is 17.5. The standard InChI is InChI=1S/C36H27F23O5S/c1-4-61-19-17-22(62-5-2)24(23(18-19)63-6-3)65(20-13-9-7-10-14-20,21-15-11-8-12-16-21)64-25(60)26(37,38)27(39,40)28(41,42)29(43,44)30(45,46)31(47,48)32(49,50)33(51,52)34(53,54)35(55,56)36(57,58)59/h7-18H,4-6H2,1-3H3. The average molecular weight is 1010 g/mol. The zero-order chi connectivity index (χ0) is 50.5. The van der Waals surface area contributed by atoms with Gasteiger partial charge in [0.25, 0.3) is 0 Å². The fraction of sp³-hybridized carbons (Fsp3) is 0.472. The Balaban J connectivity index is 2.38. The van der Waals surface area contributed by atoms with Crippen molar-refractivity contribution in [2.75, 3.05) is 19.8 Å². The molecule has 0 bridgehead atoms. The summed E-state index contributed by atoms with van der Waals surface area (Å²) in [7, 11) is -4.78. The topological polar surface area (TPSA) is 54.0 Å². The Labute approximate surface area is 351 Å². The van der Waals surface area contributed by atoms with E-state index in [2.05, 4.69) is 0 Å². The number of alkyl halides is 23. The van der Waals surface area contributed by atoms with Gasteiger partial charge in [-0.15, -0.1) is 0 Å². The third-order valence-corrected chi connectivity index (χ3v) is 12.0. The van der Waals surface area contributed by atoms with Crippen LogP contribution in [0.5, 0.6) is 17.2 Å². The van der Waals surface area contributed by atoms with Crippen molar-refractivity contribution in [1.29, 1.82) is 0 Å². The second-order valence-corrected chi connectivity index (χ2v) is 15.5. The Kier molecular flexibility index (Phi) is 14.7. The molecule has 0 saturated carbocycles. The Morgan fingerprint density at radius 1 is 0.431 bits per heavy atom. The van der Waals surface area contributed by atoms with Gasteiger partial charge in [0.05, 0.1) is 19.8 Å². The highest BCUT2D eigenvalue weighted by Crippen LogP contribution is 2.75. The van der Waals surface area contributed by atoms with E-state index < -0.39 is 121 Å². The van der Waals surface area contributed by atoms with E-state index in [1.165, 1.54) is 32.9 Å². The molecular formula is C36H27F23O5S. The zero-order valence-electron chi connectivity index (χ0n) is 32.2. The first kappa shape index (κ1) is 54.6. The summed E-state index contributed by atoms with van der Waals surface area (Å²) in [5.74, 6) is -96.6. The van der Waals surface area contributed by atoms with Gasteiger partial charge in [-0.25, -0.2) is 4.79 Å². The molecule has 0 amide bonds. The van der Waals surface area contributed by atoms with Gasteiger partial charge in [0.2, 0.25) is 0 Å². The Morgan fingerprint density at radius 2 is 0.723 bits per heavy atom. The lowest BCUT2D eigenvalue weighted by atomic mass is 9.85. The highest BCUT2D eigenvalue weighted by Gasteiger charge is 2.99. The van der Waals surface area contributed by atoms with Crippen LogP contribution in [-0.2, 0) is 8.98 Å². The van der Waals surface area contributed by atoms with Gasteiger partial charge in [-0.2, -0.15) is 101 Å². The minimum absolute atomic E-state index is 0.119. The molecule has 0 N–H and O–H groups in total. The maximum atomic E-state index is 15.8. The van der Waals surface area contributed by atoms with Crippen LogP contribution >= 0.6 is 10.3 Å². The SMILES string of the molecule is CCOc1cc(OCC)c(S(OC(=O)C(F)(F)C(F)(F)C(F)(F)C(F)(F)C(F)(F)C(F)(F)C(F)(F)C(F)(F)C(F)(F)C(F)(F)C(F)(F)F)(c2ccccc2)c2ccccc2)c(OCC)c1. The van der Waals surface area contributed by atoms with Crippen molar-refractivity contribution in [3.63, 3.8) is 0 Å². The van der Waals surface area contributed by atoms with Crippen LogP contribution < -0.4 is 14.2 Å².